The van der Waals surface area contributed by atoms with Crippen molar-refractivity contribution in [3.05, 3.63) is 114 Å². The van der Waals surface area contributed by atoms with Crippen LogP contribution in [-0.4, -0.2) is 30.1 Å². The van der Waals surface area contributed by atoms with E-state index in [0.29, 0.717) is 50.1 Å². The van der Waals surface area contributed by atoms with Crippen molar-refractivity contribution in [2.45, 2.75) is 6.61 Å². The minimum Gasteiger partial charge on any atom is -0.496 e. The third-order valence-corrected chi connectivity index (χ3v) is 8.19. The number of hydrogen-bond donors (Lipinski definition) is 0. The van der Waals surface area contributed by atoms with Crippen LogP contribution in [0.15, 0.2) is 102 Å². The lowest BCUT2D eigenvalue weighted by atomic mass is 10.2. The predicted molar refractivity (Wildman–Crippen MR) is 175 cm³/mol. The Balaban J connectivity index is 1.40. The van der Waals surface area contributed by atoms with Gasteiger partial charge in [0.15, 0.2) is 17.3 Å². The van der Waals surface area contributed by atoms with Gasteiger partial charge in [0, 0.05) is 14.5 Å². The van der Waals surface area contributed by atoms with E-state index in [4.69, 9.17) is 35.2 Å². The van der Waals surface area contributed by atoms with Crippen LogP contribution in [0.2, 0.25) is 5.02 Å². The van der Waals surface area contributed by atoms with Crippen molar-refractivity contribution in [1.82, 2.24) is 9.66 Å². The maximum atomic E-state index is 13.7. The first-order valence-electron chi connectivity index (χ1n) is 12.9. The number of nitrogens with zero attached hydrogens (tertiary/aromatic N) is 3. The van der Waals surface area contributed by atoms with E-state index in [1.54, 1.807) is 43.5 Å². The molecule has 0 aliphatic heterocycles. The zero-order valence-electron chi connectivity index (χ0n) is 22.8. The van der Waals surface area contributed by atoms with Gasteiger partial charge in [0.2, 0.25) is 5.82 Å². The third kappa shape index (κ3) is 5.78. The molecule has 0 saturated carbocycles. The van der Waals surface area contributed by atoms with Crippen molar-refractivity contribution in [1.29, 1.82) is 0 Å². The van der Waals surface area contributed by atoms with Crippen LogP contribution in [0.3, 0.4) is 0 Å². The van der Waals surface area contributed by atoms with Gasteiger partial charge in [-0.25, -0.2) is 4.98 Å². The Bertz CT molecular complexity index is 2090. The zero-order chi connectivity index (χ0) is 30.1. The molecule has 0 bridgehead atoms. The summed E-state index contributed by atoms with van der Waals surface area (Å²) in [4.78, 5) is 18.4. The van der Waals surface area contributed by atoms with E-state index >= 15 is 0 Å². The molecule has 0 unspecified atom stereocenters. The average molecular weight is 724 g/mol. The standard InChI is InChI=1S/C32H22Br2ClN3O5/c1-40-26-8-5-9-27-22(26)15-29(43-27)31-37-25-7-4-3-6-21(25)32(39)38(31)36-16-18-12-24(35)30(28(13-18)41-2)42-17-19-10-11-20(33)14-23(19)34/h3-16H,17H2,1-2H3. The largest absolute Gasteiger partial charge is 0.496 e. The van der Waals surface area contributed by atoms with Gasteiger partial charge in [-0.05, 0) is 60.2 Å². The summed E-state index contributed by atoms with van der Waals surface area (Å²) in [5.74, 6) is 2.03. The number of benzene rings is 4. The van der Waals surface area contributed by atoms with E-state index in [1.165, 1.54) is 18.0 Å². The Morgan fingerprint density at radius 1 is 0.953 bits per heavy atom. The lowest BCUT2D eigenvalue weighted by Crippen LogP contribution is -2.20. The predicted octanol–water partition coefficient (Wildman–Crippen LogP) is 8.47. The highest BCUT2D eigenvalue weighted by Gasteiger charge is 2.18. The molecule has 6 aromatic rings. The molecule has 11 heteroatoms. The minimum absolute atomic E-state index is 0.233. The molecule has 0 amide bonds. The summed E-state index contributed by atoms with van der Waals surface area (Å²) < 4.78 is 26.3. The van der Waals surface area contributed by atoms with Gasteiger partial charge in [-0.3, -0.25) is 4.79 Å². The van der Waals surface area contributed by atoms with E-state index in [0.717, 1.165) is 19.9 Å². The molecule has 0 N–H and O–H groups in total. The monoisotopic (exact) mass is 721 g/mol. The van der Waals surface area contributed by atoms with Gasteiger partial charge < -0.3 is 18.6 Å². The molecule has 0 fully saturated rings. The van der Waals surface area contributed by atoms with Crippen LogP contribution in [0.4, 0.5) is 0 Å². The lowest BCUT2D eigenvalue weighted by Gasteiger charge is -2.14. The molecule has 0 spiro atoms. The molecule has 6 rings (SSSR count). The molecule has 0 atom stereocenters. The number of rotatable bonds is 8. The van der Waals surface area contributed by atoms with Crippen molar-refractivity contribution in [3.8, 4) is 28.8 Å². The maximum Gasteiger partial charge on any atom is 0.282 e. The summed E-state index contributed by atoms with van der Waals surface area (Å²) >= 11 is 13.6. The molecule has 4 aromatic carbocycles. The van der Waals surface area contributed by atoms with Crippen molar-refractivity contribution in [2.24, 2.45) is 5.10 Å². The van der Waals surface area contributed by atoms with Crippen molar-refractivity contribution in [2.75, 3.05) is 14.2 Å². The smallest absolute Gasteiger partial charge is 0.282 e. The summed E-state index contributed by atoms with van der Waals surface area (Å²) in [5, 5.41) is 6.02. The van der Waals surface area contributed by atoms with Crippen molar-refractivity contribution < 1.29 is 18.6 Å². The van der Waals surface area contributed by atoms with Gasteiger partial charge in [0.25, 0.3) is 5.56 Å². The first-order chi connectivity index (χ1) is 20.9. The Kier molecular flexibility index (Phi) is 8.25. The number of para-hydroxylation sites is 1. The highest BCUT2D eigenvalue weighted by Crippen LogP contribution is 2.37. The lowest BCUT2D eigenvalue weighted by molar-refractivity contribution is 0.284. The van der Waals surface area contributed by atoms with Crippen LogP contribution < -0.4 is 19.8 Å². The van der Waals surface area contributed by atoms with E-state index < -0.39 is 0 Å². The van der Waals surface area contributed by atoms with Crippen LogP contribution in [0.25, 0.3) is 33.5 Å². The number of fused-ring (bicyclic) bond motifs is 2. The van der Waals surface area contributed by atoms with Crippen LogP contribution in [0.1, 0.15) is 11.1 Å². The number of methoxy groups -OCH3 is 2. The third-order valence-electron chi connectivity index (χ3n) is 6.68. The van der Waals surface area contributed by atoms with Crippen LogP contribution in [0.5, 0.6) is 17.2 Å². The number of furan rings is 1. The Morgan fingerprint density at radius 3 is 2.56 bits per heavy atom. The first-order valence-corrected chi connectivity index (χ1v) is 14.9. The second kappa shape index (κ2) is 12.2. The van der Waals surface area contributed by atoms with E-state index in [1.807, 2.05) is 42.5 Å². The quantitative estimate of drug-likeness (QED) is 0.147. The summed E-state index contributed by atoms with van der Waals surface area (Å²) in [6, 6.07) is 23.6. The number of halogens is 3. The topological polar surface area (TPSA) is 88.1 Å². The molecular formula is C32H22Br2ClN3O5. The Hall–Kier alpha value is -4.12. The summed E-state index contributed by atoms with van der Waals surface area (Å²) in [7, 11) is 3.12. The number of hydrogen-bond acceptors (Lipinski definition) is 7. The fraction of sp³-hybridized carbons (Fsp3) is 0.0938. The molecule has 216 valence electrons. The van der Waals surface area contributed by atoms with E-state index in [-0.39, 0.29) is 18.0 Å². The van der Waals surface area contributed by atoms with Crippen LogP contribution >= 0.6 is 43.5 Å². The fourth-order valence-electron chi connectivity index (χ4n) is 4.58. The Morgan fingerprint density at radius 2 is 1.77 bits per heavy atom. The highest BCUT2D eigenvalue weighted by atomic mass is 79.9. The second-order valence-electron chi connectivity index (χ2n) is 9.36. The fourth-order valence-corrected chi connectivity index (χ4v) is 6.02. The highest BCUT2D eigenvalue weighted by molar-refractivity contribution is 9.11. The first kappa shape index (κ1) is 29.0. The van der Waals surface area contributed by atoms with Crippen molar-refractivity contribution in [3.63, 3.8) is 0 Å². The zero-order valence-corrected chi connectivity index (χ0v) is 26.7. The summed E-state index contributed by atoms with van der Waals surface area (Å²) in [5.41, 5.74) is 2.27. The number of ether oxygens (including phenoxy) is 3. The van der Waals surface area contributed by atoms with Crippen LogP contribution in [0, 0.1) is 0 Å². The number of aromatic nitrogens is 2. The molecular weight excluding hydrogens is 702 g/mol. The maximum absolute atomic E-state index is 13.7. The SMILES string of the molecule is COc1cc(C=Nn2c(-c3cc4c(OC)cccc4o3)nc3ccccc3c2=O)cc(Cl)c1OCc1ccc(Br)cc1Br. The molecule has 43 heavy (non-hydrogen) atoms. The van der Waals surface area contributed by atoms with Gasteiger partial charge >= 0.3 is 0 Å². The van der Waals surface area contributed by atoms with E-state index in [9.17, 15) is 4.79 Å². The average Bonchev–Trinajstić information content (AvgIpc) is 3.45. The molecule has 2 heterocycles. The van der Waals surface area contributed by atoms with Gasteiger partial charge in [-0.15, -0.1) is 0 Å². The van der Waals surface area contributed by atoms with E-state index in [2.05, 4.69) is 37.0 Å². The van der Waals surface area contributed by atoms with Crippen LogP contribution in [-0.2, 0) is 6.61 Å². The summed E-state index contributed by atoms with van der Waals surface area (Å²) in [6.45, 7) is 0.265. The molecule has 0 aliphatic rings. The molecule has 0 saturated heterocycles. The normalized spacial score (nSPS) is 11.5. The van der Waals surface area contributed by atoms with Gasteiger partial charge in [-0.1, -0.05) is 67.7 Å². The summed E-state index contributed by atoms with van der Waals surface area (Å²) in [6.07, 6.45) is 1.51. The van der Waals surface area contributed by atoms with Gasteiger partial charge in [-0.2, -0.15) is 9.78 Å². The Labute approximate surface area is 267 Å². The molecule has 2 aromatic heterocycles. The minimum atomic E-state index is -0.359. The molecule has 0 radical (unpaired) electrons. The second-order valence-corrected chi connectivity index (χ2v) is 11.5. The molecule has 8 nitrogen and oxygen atoms in total. The van der Waals surface area contributed by atoms with Gasteiger partial charge in [0.1, 0.15) is 17.9 Å². The molecule has 0 aliphatic carbocycles. The van der Waals surface area contributed by atoms with Crippen molar-refractivity contribution >= 4 is 71.5 Å². The van der Waals surface area contributed by atoms with Gasteiger partial charge in [0.05, 0.1) is 41.7 Å².